The smallest absolute Gasteiger partial charge is 0.345 e. The molecule has 136 valence electrons. The summed E-state index contributed by atoms with van der Waals surface area (Å²) in [6.07, 6.45) is 3.70. The quantitative estimate of drug-likeness (QED) is 0.481. The van der Waals surface area contributed by atoms with Crippen LogP contribution in [0.2, 0.25) is 0 Å². The fourth-order valence-corrected chi connectivity index (χ4v) is 3.20. The van der Waals surface area contributed by atoms with Crippen LogP contribution in [0.15, 0.2) is 24.3 Å². The predicted molar refractivity (Wildman–Crippen MR) is 93.5 cm³/mol. The first-order valence-corrected chi connectivity index (χ1v) is 8.21. The zero-order chi connectivity index (χ0) is 18.7. The van der Waals surface area contributed by atoms with E-state index in [4.69, 9.17) is 9.84 Å². The molecule has 1 aromatic rings. The van der Waals surface area contributed by atoms with Crippen molar-refractivity contribution >= 4 is 11.5 Å². The average molecular weight is 348 g/mol. The molecule has 1 aliphatic carbocycles. The third-order valence-electron chi connectivity index (χ3n) is 4.42. The number of aliphatic hydroxyl groups excluding tert-OH is 1. The zero-order valence-corrected chi connectivity index (χ0v) is 14.5. The number of carbonyl (C=O) groups excluding carboxylic acids is 1. The summed E-state index contributed by atoms with van der Waals surface area (Å²) >= 11 is 0. The molecule has 0 heterocycles. The second kappa shape index (κ2) is 7.61. The highest BCUT2D eigenvalue weighted by molar-refractivity contribution is 5.99. The number of phenols is 3. The summed E-state index contributed by atoms with van der Waals surface area (Å²) in [6.45, 7) is 7.25. The number of benzene rings is 1. The first kappa shape index (κ1) is 18.9. The van der Waals surface area contributed by atoms with E-state index in [1.807, 2.05) is 19.9 Å². The molecule has 2 atom stereocenters. The maximum atomic E-state index is 12.1. The average Bonchev–Trinajstić information content (AvgIpc) is 2.52. The molecule has 25 heavy (non-hydrogen) atoms. The lowest BCUT2D eigenvalue weighted by Crippen LogP contribution is -2.15. The van der Waals surface area contributed by atoms with Gasteiger partial charge in [-0.25, -0.2) is 4.79 Å². The SMILES string of the molecule is C=C(C)[C@@H]1CCC(C)C=C1c1c(O)cc(O)c(C(=O)OCCO)c1O. The Hall–Kier alpha value is -2.47. The van der Waals surface area contributed by atoms with Crippen molar-refractivity contribution in [3.63, 3.8) is 0 Å². The fraction of sp³-hybridized carbons (Fsp3) is 0.421. The Morgan fingerprint density at radius 3 is 2.56 bits per heavy atom. The number of carbonyl (C=O) groups is 1. The number of aliphatic hydroxyl groups is 1. The highest BCUT2D eigenvalue weighted by Gasteiger charge is 2.31. The van der Waals surface area contributed by atoms with Gasteiger partial charge in [0.25, 0.3) is 0 Å². The van der Waals surface area contributed by atoms with Crippen molar-refractivity contribution in [1.29, 1.82) is 0 Å². The Balaban J connectivity index is 2.61. The second-order valence-electron chi connectivity index (χ2n) is 6.45. The van der Waals surface area contributed by atoms with Crippen LogP contribution in [0.1, 0.15) is 42.6 Å². The summed E-state index contributed by atoms with van der Waals surface area (Å²) < 4.78 is 4.79. The third kappa shape index (κ3) is 3.79. The van der Waals surface area contributed by atoms with E-state index in [1.54, 1.807) is 0 Å². The monoisotopic (exact) mass is 348 g/mol. The number of hydrogen-bond donors (Lipinski definition) is 4. The van der Waals surface area contributed by atoms with Gasteiger partial charge in [0.2, 0.25) is 0 Å². The normalized spacial score (nSPS) is 20.0. The van der Waals surface area contributed by atoms with Gasteiger partial charge in [-0.2, -0.15) is 0 Å². The first-order chi connectivity index (χ1) is 11.8. The maximum absolute atomic E-state index is 12.1. The van der Waals surface area contributed by atoms with Crippen LogP contribution in [0.25, 0.3) is 5.57 Å². The molecule has 1 aliphatic rings. The highest BCUT2D eigenvalue weighted by atomic mass is 16.5. The number of aromatic hydroxyl groups is 3. The standard InChI is InChI=1S/C19H24O6/c1-10(2)12-5-4-11(3)8-13(12)16-14(21)9-15(22)17(18(16)23)19(24)25-7-6-20/h8-9,11-12,20-23H,1,4-7H2,2-3H3/t11?,12-/m0/s1. The molecule has 0 spiro atoms. The van der Waals surface area contributed by atoms with Gasteiger partial charge < -0.3 is 25.2 Å². The van der Waals surface area contributed by atoms with Gasteiger partial charge in [-0.15, -0.1) is 0 Å². The summed E-state index contributed by atoms with van der Waals surface area (Å²) in [4.78, 5) is 12.1. The van der Waals surface area contributed by atoms with Gasteiger partial charge in [0, 0.05) is 12.0 Å². The molecular weight excluding hydrogens is 324 g/mol. The number of phenolic OH excluding ortho intramolecular Hbond substituents is 3. The number of allylic oxidation sites excluding steroid dienone is 3. The second-order valence-corrected chi connectivity index (χ2v) is 6.45. The van der Waals surface area contributed by atoms with Crippen LogP contribution in [0.4, 0.5) is 0 Å². The number of esters is 1. The Morgan fingerprint density at radius 2 is 1.96 bits per heavy atom. The Labute approximate surface area is 146 Å². The van der Waals surface area contributed by atoms with Crippen LogP contribution in [0.5, 0.6) is 17.2 Å². The van der Waals surface area contributed by atoms with Crippen LogP contribution in [-0.2, 0) is 4.74 Å². The van der Waals surface area contributed by atoms with Gasteiger partial charge in [-0.1, -0.05) is 25.2 Å². The Morgan fingerprint density at radius 1 is 1.28 bits per heavy atom. The van der Waals surface area contributed by atoms with E-state index in [2.05, 4.69) is 6.58 Å². The molecule has 1 unspecified atom stereocenters. The molecule has 0 fully saturated rings. The van der Waals surface area contributed by atoms with Gasteiger partial charge in [-0.05, 0) is 31.3 Å². The summed E-state index contributed by atoms with van der Waals surface area (Å²) in [5.41, 5.74) is 1.24. The van der Waals surface area contributed by atoms with Crippen LogP contribution >= 0.6 is 0 Å². The van der Waals surface area contributed by atoms with Crippen molar-refractivity contribution < 1.29 is 30.0 Å². The van der Waals surface area contributed by atoms with Gasteiger partial charge in [0.15, 0.2) is 0 Å². The van der Waals surface area contributed by atoms with Crippen molar-refractivity contribution in [1.82, 2.24) is 0 Å². The topological polar surface area (TPSA) is 107 Å². The lowest BCUT2D eigenvalue weighted by molar-refractivity contribution is 0.0427. The fourth-order valence-electron chi connectivity index (χ4n) is 3.20. The molecule has 0 bridgehead atoms. The Kier molecular flexibility index (Phi) is 5.74. The van der Waals surface area contributed by atoms with Crippen molar-refractivity contribution in [2.75, 3.05) is 13.2 Å². The lowest BCUT2D eigenvalue weighted by Gasteiger charge is -2.29. The minimum atomic E-state index is -0.971. The molecule has 4 N–H and O–H groups in total. The van der Waals surface area contributed by atoms with E-state index in [-0.39, 0.29) is 36.4 Å². The van der Waals surface area contributed by atoms with E-state index >= 15 is 0 Å². The summed E-state index contributed by atoms with van der Waals surface area (Å²) in [5, 5.41) is 39.7. The molecule has 0 aromatic heterocycles. The molecule has 0 saturated carbocycles. The molecular formula is C19H24O6. The minimum Gasteiger partial charge on any atom is -0.507 e. The summed E-state index contributed by atoms with van der Waals surface area (Å²) in [6, 6.07) is 1.01. The van der Waals surface area contributed by atoms with E-state index < -0.39 is 23.0 Å². The van der Waals surface area contributed by atoms with Crippen LogP contribution in [0, 0.1) is 11.8 Å². The molecule has 0 radical (unpaired) electrons. The summed E-state index contributed by atoms with van der Waals surface area (Å²) in [5.74, 6) is -2.24. The third-order valence-corrected chi connectivity index (χ3v) is 4.42. The van der Waals surface area contributed by atoms with E-state index in [1.165, 1.54) is 0 Å². The van der Waals surface area contributed by atoms with Gasteiger partial charge in [0.05, 0.1) is 12.2 Å². The zero-order valence-electron chi connectivity index (χ0n) is 14.5. The van der Waals surface area contributed by atoms with Crippen LogP contribution in [-0.4, -0.2) is 39.6 Å². The largest absolute Gasteiger partial charge is 0.507 e. The first-order valence-electron chi connectivity index (χ1n) is 8.21. The van der Waals surface area contributed by atoms with E-state index in [0.29, 0.717) is 5.57 Å². The molecule has 6 nitrogen and oxygen atoms in total. The molecule has 2 rings (SSSR count). The molecule has 6 heteroatoms. The highest BCUT2D eigenvalue weighted by Crippen LogP contribution is 2.48. The van der Waals surface area contributed by atoms with Crippen molar-refractivity contribution in [3.8, 4) is 17.2 Å². The Bertz CT molecular complexity index is 719. The van der Waals surface area contributed by atoms with Crippen LogP contribution < -0.4 is 0 Å². The molecule has 1 aromatic carbocycles. The van der Waals surface area contributed by atoms with Crippen molar-refractivity contribution in [2.45, 2.75) is 26.7 Å². The van der Waals surface area contributed by atoms with E-state index in [9.17, 15) is 20.1 Å². The molecule has 0 saturated heterocycles. The van der Waals surface area contributed by atoms with E-state index in [0.717, 1.165) is 24.5 Å². The van der Waals surface area contributed by atoms with Crippen LogP contribution in [0.3, 0.4) is 0 Å². The van der Waals surface area contributed by atoms with Gasteiger partial charge in [-0.3, -0.25) is 0 Å². The predicted octanol–water partition coefficient (Wildman–Crippen LogP) is 2.96. The number of ether oxygens (including phenoxy) is 1. The molecule has 0 amide bonds. The number of hydrogen-bond acceptors (Lipinski definition) is 6. The number of rotatable bonds is 5. The summed E-state index contributed by atoms with van der Waals surface area (Å²) in [7, 11) is 0. The lowest BCUT2D eigenvalue weighted by atomic mass is 9.76. The van der Waals surface area contributed by atoms with Crippen molar-refractivity contribution in [3.05, 3.63) is 35.4 Å². The maximum Gasteiger partial charge on any atom is 0.345 e. The van der Waals surface area contributed by atoms with Gasteiger partial charge >= 0.3 is 5.97 Å². The van der Waals surface area contributed by atoms with Crippen molar-refractivity contribution in [2.24, 2.45) is 11.8 Å². The van der Waals surface area contributed by atoms with Gasteiger partial charge in [0.1, 0.15) is 29.4 Å². The minimum absolute atomic E-state index is 0.0705. The molecule has 0 aliphatic heterocycles.